The van der Waals surface area contributed by atoms with Gasteiger partial charge in [-0.25, -0.2) is 0 Å². The number of hydrogen-bond donors (Lipinski definition) is 4. The number of aliphatic hydroxyl groups excluding tert-OH is 2. The lowest BCUT2D eigenvalue weighted by Gasteiger charge is -2.45. The maximum absolute atomic E-state index is 13.3. The third-order valence-corrected chi connectivity index (χ3v) is 9.90. The van der Waals surface area contributed by atoms with Crippen LogP contribution in [0.15, 0.2) is 47.6 Å². The Morgan fingerprint density at radius 2 is 1.67 bits per heavy atom. The quantitative estimate of drug-likeness (QED) is 0.162. The van der Waals surface area contributed by atoms with Crippen LogP contribution in [0, 0.1) is 23.2 Å². The summed E-state index contributed by atoms with van der Waals surface area (Å²) in [6.07, 6.45) is -2.24. The van der Waals surface area contributed by atoms with Crippen LogP contribution in [0.25, 0.3) is 0 Å². The highest BCUT2D eigenvalue weighted by Gasteiger charge is 2.69. The number of alkyl halides is 6. The zero-order chi connectivity index (χ0) is 31.7. The van der Waals surface area contributed by atoms with Crippen molar-refractivity contribution in [1.82, 2.24) is 0 Å². The Labute approximate surface area is 244 Å². The van der Waals surface area contributed by atoms with Gasteiger partial charge in [0.25, 0.3) is 5.60 Å². The lowest BCUT2D eigenvalue weighted by atomic mass is 9.60. The average molecular weight is 609 g/mol. The van der Waals surface area contributed by atoms with E-state index in [1.807, 2.05) is 12.2 Å². The summed E-state index contributed by atoms with van der Waals surface area (Å²) in [7, 11) is 0. The smallest absolute Gasteiger partial charge is 0.393 e. The molecule has 3 fully saturated rings. The highest BCUT2D eigenvalue weighted by Crippen LogP contribution is 2.60. The molecule has 0 amide bonds. The molecule has 0 aromatic heterocycles. The minimum atomic E-state index is -5.91. The molecule has 4 N–H and O–H groups in total. The van der Waals surface area contributed by atoms with Crippen LogP contribution >= 0.6 is 0 Å². The van der Waals surface area contributed by atoms with E-state index in [0.29, 0.717) is 31.3 Å². The normalized spacial score (nSPS) is 32.6. The Morgan fingerprint density at radius 3 is 2.26 bits per heavy atom. The predicted molar refractivity (Wildman–Crippen MR) is 149 cm³/mol. The first-order valence-electron chi connectivity index (χ1n) is 14.9. The second-order valence-corrected chi connectivity index (χ2v) is 13.5. The number of allylic oxidation sites excluding steroid dienone is 4. The van der Waals surface area contributed by atoms with Crippen LogP contribution in [0.4, 0.5) is 26.3 Å². The van der Waals surface area contributed by atoms with Gasteiger partial charge < -0.3 is 20.4 Å². The monoisotopic (exact) mass is 608 g/mol. The van der Waals surface area contributed by atoms with Gasteiger partial charge >= 0.3 is 12.4 Å². The van der Waals surface area contributed by atoms with Crippen molar-refractivity contribution in [3.8, 4) is 0 Å². The highest BCUT2D eigenvalue weighted by atomic mass is 19.4. The molecule has 3 unspecified atom stereocenters. The second kappa shape index (κ2) is 12.8. The molecule has 10 heteroatoms. The SMILES string of the molecule is C=C1/C(=C\C=C2/CCC[C@@]3(C)C2CCC3C(C/C=C/C(O)(C(F)(F)F)C(F)(F)F)CCCC(C)(C)O)C[C@@H](O)C[C@@H]1O. The van der Waals surface area contributed by atoms with Crippen molar-refractivity contribution in [1.29, 1.82) is 0 Å². The van der Waals surface area contributed by atoms with Crippen LogP contribution in [-0.2, 0) is 0 Å². The fourth-order valence-electron chi connectivity index (χ4n) is 7.56. The van der Waals surface area contributed by atoms with Crippen LogP contribution in [0.5, 0.6) is 0 Å². The van der Waals surface area contributed by atoms with Crippen molar-refractivity contribution < 1.29 is 46.8 Å². The molecule has 0 heterocycles. The van der Waals surface area contributed by atoms with Gasteiger partial charge in [0.05, 0.1) is 17.8 Å². The summed E-state index contributed by atoms with van der Waals surface area (Å²) in [5.41, 5.74) is -3.48. The molecule has 0 aromatic rings. The summed E-state index contributed by atoms with van der Waals surface area (Å²) in [6, 6.07) is 0. The number of fused-ring (bicyclic) bond motifs is 1. The predicted octanol–water partition coefficient (Wildman–Crippen LogP) is 7.49. The van der Waals surface area contributed by atoms with Crippen LogP contribution < -0.4 is 0 Å². The van der Waals surface area contributed by atoms with E-state index in [9.17, 15) is 46.8 Å². The zero-order valence-electron chi connectivity index (χ0n) is 24.7. The summed E-state index contributed by atoms with van der Waals surface area (Å²) in [5, 5.41) is 40.1. The first-order chi connectivity index (χ1) is 19.2. The van der Waals surface area contributed by atoms with Gasteiger partial charge in [0.2, 0.25) is 0 Å². The molecule has 0 bridgehead atoms. The molecule has 240 valence electrons. The number of rotatable bonds is 9. The molecule has 3 saturated carbocycles. The lowest BCUT2D eigenvalue weighted by Crippen LogP contribution is -2.55. The summed E-state index contributed by atoms with van der Waals surface area (Å²) < 4.78 is 79.6. The standard InChI is InChI=1S/C32H46F6O4/c1-20-23(18-24(39)19-27(20)40)12-11-22-9-6-16-29(4)25(13-14-26(22)29)21(8-5-15-28(2,3)41)10-7-17-30(42,31(33,34)35)32(36,37)38/h7,11-12,17,21,24-27,39-42H,1,5-6,8-10,13-16,18-19H2,2-4H3/b17-7+,22-11+,23-12-/t21?,24-,25?,26?,27+,29-/m1/s1. The minimum Gasteiger partial charge on any atom is -0.393 e. The van der Waals surface area contributed by atoms with Crippen molar-refractivity contribution in [2.45, 2.75) is 127 Å². The Balaban J connectivity index is 1.87. The van der Waals surface area contributed by atoms with Gasteiger partial charge in [0.15, 0.2) is 0 Å². The summed E-state index contributed by atoms with van der Waals surface area (Å²) >= 11 is 0. The third-order valence-electron chi connectivity index (χ3n) is 9.90. The van der Waals surface area contributed by atoms with E-state index < -0.39 is 35.8 Å². The molecule has 4 nitrogen and oxygen atoms in total. The van der Waals surface area contributed by atoms with E-state index in [1.54, 1.807) is 13.8 Å². The van der Waals surface area contributed by atoms with E-state index in [1.165, 1.54) is 5.57 Å². The average Bonchev–Trinajstić information content (AvgIpc) is 3.19. The number of halogens is 6. The molecule has 3 aliphatic rings. The Bertz CT molecular complexity index is 1040. The Morgan fingerprint density at radius 1 is 1.02 bits per heavy atom. The van der Waals surface area contributed by atoms with Crippen molar-refractivity contribution in [2.24, 2.45) is 23.2 Å². The Hall–Kier alpha value is -1.62. The zero-order valence-corrected chi connectivity index (χ0v) is 24.7. The molecule has 6 atom stereocenters. The van der Waals surface area contributed by atoms with E-state index in [-0.39, 0.29) is 42.1 Å². The van der Waals surface area contributed by atoms with Gasteiger partial charge in [-0.1, -0.05) is 43.7 Å². The van der Waals surface area contributed by atoms with Crippen molar-refractivity contribution in [3.63, 3.8) is 0 Å². The fourth-order valence-corrected chi connectivity index (χ4v) is 7.56. The highest BCUT2D eigenvalue weighted by molar-refractivity contribution is 5.38. The van der Waals surface area contributed by atoms with Crippen molar-refractivity contribution in [3.05, 3.63) is 47.6 Å². The molecule has 0 aliphatic heterocycles. The maximum Gasteiger partial charge on any atom is 0.429 e. The van der Waals surface area contributed by atoms with Gasteiger partial charge in [0.1, 0.15) is 0 Å². The molecule has 0 saturated heterocycles. The van der Waals surface area contributed by atoms with Gasteiger partial charge in [-0.2, -0.15) is 26.3 Å². The van der Waals surface area contributed by atoms with Crippen molar-refractivity contribution >= 4 is 0 Å². The first-order valence-corrected chi connectivity index (χ1v) is 14.9. The summed E-state index contributed by atoms with van der Waals surface area (Å²) in [4.78, 5) is 0. The summed E-state index contributed by atoms with van der Waals surface area (Å²) in [6.45, 7) is 9.45. The summed E-state index contributed by atoms with van der Waals surface area (Å²) in [5.74, 6) is -0.0169. The van der Waals surface area contributed by atoms with E-state index in [2.05, 4.69) is 13.5 Å². The topological polar surface area (TPSA) is 80.9 Å². The molecule has 42 heavy (non-hydrogen) atoms. The maximum atomic E-state index is 13.3. The molecular weight excluding hydrogens is 562 g/mol. The lowest BCUT2D eigenvalue weighted by molar-refractivity contribution is -0.347. The van der Waals surface area contributed by atoms with Crippen molar-refractivity contribution in [2.75, 3.05) is 0 Å². The number of hydrogen-bond acceptors (Lipinski definition) is 4. The number of aliphatic hydroxyl groups is 4. The molecule has 0 aromatic carbocycles. The molecule has 3 rings (SSSR count). The van der Waals surface area contributed by atoms with Gasteiger partial charge in [0, 0.05) is 6.42 Å². The third kappa shape index (κ3) is 7.71. The molecule has 3 aliphatic carbocycles. The van der Waals surface area contributed by atoms with Crippen LogP contribution in [0.2, 0.25) is 0 Å². The minimum absolute atomic E-state index is 0.0310. The van der Waals surface area contributed by atoms with Gasteiger partial charge in [-0.3, -0.25) is 0 Å². The van der Waals surface area contributed by atoms with Gasteiger partial charge in [-0.05, 0) is 112 Å². The van der Waals surface area contributed by atoms with E-state index in [4.69, 9.17) is 0 Å². The molecule has 0 spiro atoms. The van der Waals surface area contributed by atoms with E-state index >= 15 is 0 Å². The first kappa shape index (κ1) is 34.9. The Kier molecular flexibility index (Phi) is 10.6. The largest absolute Gasteiger partial charge is 0.429 e. The fraction of sp³-hybridized carbons (Fsp3) is 0.750. The van der Waals surface area contributed by atoms with Gasteiger partial charge in [-0.15, -0.1) is 0 Å². The van der Waals surface area contributed by atoms with E-state index in [0.717, 1.165) is 43.8 Å². The van der Waals surface area contributed by atoms with Crippen LogP contribution in [0.3, 0.4) is 0 Å². The molecular formula is C32H46F6O4. The van der Waals surface area contributed by atoms with Crippen LogP contribution in [0.1, 0.15) is 91.4 Å². The molecule has 0 radical (unpaired) electrons. The van der Waals surface area contributed by atoms with Crippen LogP contribution in [-0.4, -0.2) is 56.2 Å². The second-order valence-electron chi connectivity index (χ2n) is 13.5.